The summed E-state index contributed by atoms with van der Waals surface area (Å²) in [4.78, 5) is 15.8. The molecular weight excluding hydrogens is 210 g/mol. The Balaban J connectivity index is 2.82. The molecule has 78 valence electrons. The Labute approximate surface area is 91.7 Å². The molecule has 3 nitrogen and oxygen atoms in total. The Morgan fingerprint density at radius 2 is 2.20 bits per heavy atom. The van der Waals surface area contributed by atoms with E-state index in [1.54, 1.807) is 26.2 Å². The van der Waals surface area contributed by atoms with E-state index in [1.807, 2.05) is 6.92 Å². The topological polar surface area (TPSA) is 39.2 Å². The molecule has 0 saturated heterocycles. The third-order valence-corrected chi connectivity index (χ3v) is 3.22. The van der Waals surface area contributed by atoms with Gasteiger partial charge >= 0.3 is 0 Å². The predicted molar refractivity (Wildman–Crippen MR) is 60.9 cm³/mol. The van der Waals surface area contributed by atoms with Crippen LogP contribution in [0.3, 0.4) is 0 Å². The Kier molecular flexibility index (Phi) is 2.44. The van der Waals surface area contributed by atoms with Crippen molar-refractivity contribution in [1.82, 2.24) is 4.98 Å². The first-order valence-corrected chi connectivity index (χ1v) is 5.40. The lowest BCUT2D eigenvalue weighted by Crippen LogP contribution is -1.93. The van der Waals surface area contributed by atoms with Gasteiger partial charge < -0.3 is 4.74 Å². The van der Waals surface area contributed by atoms with Gasteiger partial charge in [0.15, 0.2) is 5.78 Å². The van der Waals surface area contributed by atoms with Crippen molar-refractivity contribution >= 4 is 27.3 Å². The number of nitrogens with zero attached hydrogens (tertiary/aromatic N) is 1. The van der Waals surface area contributed by atoms with Gasteiger partial charge in [-0.15, -0.1) is 11.3 Å². The fourth-order valence-corrected chi connectivity index (χ4v) is 2.53. The smallest absolute Gasteiger partial charge is 0.161 e. The second-order valence-electron chi connectivity index (χ2n) is 3.28. The van der Waals surface area contributed by atoms with Gasteiger partial charge in [0.25, 0.3) is 0 Å². The van der Waals surface area contributed by atoms with E-state index in [1.165, 1.54) is 11.3 Å². The summed E-state index contributed by atoms with van der Waals surface area (Å²) in [5.74, 6) is 0.783. The number of aromatic nitrogens is 1. The summed E-state index contributed by atoms with van der Waals surface area (Å²) < 4.78 is 6.12. The van der Waals surface area contributed by atoms with Crippen LogP contribution in [0.15, 0.2) is 12.1 Å². The minimum atomic E-state index is 0.0614. The summed E-state index contributed by atoms with van der Waals surface area (Å²) in [5.41, 5.74) is 1.50. The maximum Gasteiger partial charge on any atom is 0.161 e. The van der Waals surface area contributed by atoms with Gasteiger partial charge in [0.1, 0.15) is 11.3 Å². The van der Waals surface area contributed by atoms with Crippen molar-refractivity contribution in [3.63, 3.8) is 0 Å². The van der Waals surface area contributed by atoms with Gasteiger partial charge in [0, 0.05) is 5.56 Å². The summed E-state index contributed by atoms with van der Waals surface area (Å²) in [7, 11) is 1.61. The quantitative estimate of drug-likeness (QED) is 0.732. The molecule has 0 radical (unpaired) electrons. The van der Waals surface area contributed by atoms with Crippen LogP contribution < -0.4 is 4.74 Å². The second-order valence-corrected chi connectivity index (χ2v) is 4.49. The summed E-state index contributed by atoms with van der Waals surface area (Å²) in [6.07, 6.45) is 0. The lowest BCUT2D eigenvalue weighted by molar-refractivity contribution is 0.101. The minimum absolute atomic E-state index is 0.0614. The molecule has 0 aliphatic carbocycles. The third kappa shape index (κ3) is 1.61. The number of aryl methyl sites for hydroxylation is 1. The molecule has 0 spiro atoms. The molecule has 1 aromatic heterocycles. The zero-order valence-electron chi connectivity index (χ0n) is 8.83. The van der Waals surface area contributed by atoms with Crippen molar-refractivity contribution in [2.75, 3.05) is 7.11 Å². The number of ether oxygens (including phenoxy) is 1. The SMILES string of the molecule is COc1ccc(C(C)=O)c2sc(C)nc12. The number of ketones is 1. The Morgan fingerprint density at radius 1 is 1.47 bits per heavy atom. The highest BCUT2D eigenvalue weighted by atomic mass is 32.1. The van der Waals surface area contributed by atoms with Crippen molar-refractivity contribution < 1.29 is 9.53 Å². The Bertz CT molecular complexity index is 531. The minimum Gasteiger partial charge on any atom is -0.494 e. The van der Waals surface area contributed by atoms with E-state index in [0.29, 0.717) is 0 Å². The van der Waals surface area contributed by atoms with E-state index in [-0.39, 0.29) is 5.78 Å². The highest BCUT2D eigenvalue weighted by Gasteiger charge is 2.13. The van der Waals surface area contributed by atoms with E-state index in [0.717, 1.165) is 26.5 Å². The highest BCUT2D eigenvalue weighted by molar-refractivity contribution is 7.19. The highest BCUT2D eigenvalue weighted by Crippen LogP contribution is 2.32. The van der Waals surface area contributed by atoms with Crippen LogP contribution in [0.1, 0.15) is 22.3 Å². The average molecular weight is 221 g/mol. The average Bonchev–Trinajstić information content (AvgIpc) is 2.56. The molecule has 2 aromatic rings. The zero-order valence-corrected chi connectivity index (χ0v) is 9.64. The Morgan fingerprint density at radius 3 is 2.80 bits per heavy atom. The molecule has 0 fully saturated rings. The van der Waals surface area contributed by atoms with Crippen LogP contribution in [0.4, 0.5) is 0 Å². The van der Waals surface area contributed by atoms with Crippen molar-refractivity contribution in [2.45, 2.75) is 13.8 Å². The van der Waals surface area contributed by atoms with E-state index in [2.05, 4.69) is 4.98 Å². The van der Waals surface area contributed by atoms with Crippen molar-refractivity contribution in [3.8, 4) is 5.75 Å². The van der Waals surface area contributed by atoms with Gasteiger partial charge in [-0.25, -0.2) is 4.98 Å². The molecule has 1 heterocycles. The van der Waals surface area contributed by atoms with Gasteiger partial charge in [-0.3, -0.25) is 4.79 Å². The number of Topliss-reactive ketones (excluding diaryl/α,β-unsaturated/α-hetero) is 1. The molecule has 0 saturated carbocycles. The normalized spacial score (nSPS) is 10.6. The lowest BCUT2D eigenvalue weighted by Gasteiger charge is -2.02. The fraction of sp³-hybridized carbons (Fsp3) is 0.273. The predicted octanol–water partition coefficient (Wildman–Crippen LogP) is 2.82. The Hall–Kier alpha value is -1.42. The van der Waals surface area contributed by atoms with E-state index < -0.39 is 0 Å². The van der Waals surface area contributed by atoms with E-state index in [9.17, 15) is 4.79 Å². The molecule has 0 amide bonds. The number of hydrogen-bond donors (Lipinski definition) is 0. The van der Waals surface area contributed by atoms with Gasteiger partial charge in [-0.2, -0.15) is 0 Å². The van der Waals surface area contributed by atoms with Crippen LogP contribution >= 0.6 is 11.3 Å². The van der Waals surface area contributed by atoms with Gasteiger partial charge in [-0.1, -0.05) is 0 Å². The number of carbonyl (C=O) groups is 1. The van der Waals surface area contributed by atoms with Crippen LogP contribution in [0.2, 0.25) is 0 Å². The molecule has 1 aromatic carbocycles. The summed E-state index contributed by atoms with van der Waals surface area (Å²) >= 11 is 1.52. The largest absolute Gasteiger partial charge is 0.494 e. The number of thiazole rings is 1. The number of benzene rings is 1. The van der Waals surface area contributed by atoms with Crippen molar-refractivity contribution in [1.29, 1.82) is 0 Å². The molecule has 0 bridgehead atoms. The lowest BCUT2D eigenvalue weighted by atomic mass is 10.1. The number of hydrogen-bond acceptors (Lipinski definition) is 4. The number of methoxy groups -OCH3 is 1. The number of rotatable bonds is 2. The third-order valence-electron chi connectivity index (χ3n) is 2.21. The standard InChI is InChI=1S/C11H11NO2S/c1-6(13)8-4-5-9(14-3)10-11(8)15-7(2)12-10/h4-5H,1-3H3. The maximum atomic E-state index is 11.4. The first kappa shape index (κ1) is 10.1. The van der Waals surface area contributed by atoms with Crippen molar-refractivity contribution in [3.05, 3.63) is 22.7 Å². The van der Waals surface area contributed by atoms with E-state index in [4.69, 9.17) is 4.74 Å². The van der Waals surface area contributed by atoms with Crippen molar-refractivity contribution in [2.24, 2.45) is 0 Å². The first-order chi connectivity index (χ1) is 7.13. The molecule has 2 rings (SSSR count). The van der Waals surface area contributed by atoms with Gasteiger partial charge in [0.05, 0.1) is 16.8 Å². The van der Waals surface area contributed by atoms with E-state index >= 15 is 0 Å². The molecule has 4 heteroatoms. The maximum absolute atomic E-state index is 11.4. The van der Waals surface area contributed by atoms with Crippen LogP contribution in [-0.4, -0.2) is 17.9 Å². The monoisotopic (exact) mass is 221 g/mol. The van der Waals surface area contributed by atoms with Gasteiger partial charge in [0.2, 0.25) is 0 Å². The first-order valence-electron chi connectivity index (χ1n) is 4.58. The van der Waals surface area contributed by atoms with Crippen LogP contribution in [0, 0.1) is 6.92 Å². The summed E-state index contributed by atoms with van der Waals surface area (Å²) in [6, 6.07) is 3.58. The molecule has 0 aliphatic heterocycles. The molecule has 0 N–H and O–H groups in total. The molecular formula is C11H11NO2S. The summed E-state index contributed by atoms with van der Waals surface area (Å²) in [5, 5.41) is 0.942. The van der Waals surface area contributed by atoms with Gasteiger partial charge in [-0.05, 0) is 26.0 Å². The molecule has 0 aliphatic rings. The molecule has 0 unspecified atom stereocenters. The van der Waals surface area contributed by atoms with Crippen LogP contribution in [-0.2, 0) is 0 Å². The van der Waals surface area contributed by atoms with Crippen LogP contribution in [0.25, 0.3) is 10.2 Å². The zero-order chi connectivity index (χ0) is 11.0. The summed E-state index contributed by atoms with van der Waals surface area (Å²) in [6.45, 7) is 3.49. The number of carbonyl (C=O) groups excluding carboxylic acids is 1. The van der Waals surface area contributed by atoms with Crippen LogP contribution in [0.5, 0.6) is 5.75 Å². The second kappa shape index (κ2) is 3.62. The molecule has 0 atom stereocenters. The fourth-order valence-electron chi connectivity index (χ4n) is 1.53. The number of fused-ring (bicyclic) bond motifs is 1. The molecule has 15 heavy (non-hydrogen) atoms.